The van der Waals surface area contributed by atoms with Crippen LogP contribution in [0.15, 0.2) is 18.5 Å². The average molecular weight is 197 g/mol. The Kier molecular flexibility index (Phi) is 2.19. The molecule has 1 unspecified atom stereocenters. The van der Waals surface area contributed by atoms with E-state index in [4.69, 9.17) is 11.6 Å². The predicted molar refractivity (Wildman–Crippen MR) is 49.4 cm³/mol. The summed E-state index contributed by atoms with van der Waals surface area (Å²) in [6.07, 6.45) is 4.75. The van der Waals surface area contributed by atoms with E-state index in [0.717, 1.165) is 12.0 Å². The van der Waals surface area contributed by atoms with Crippen molar-refractivity contribution in [2.75, 3.05) is 0 Å². The molecule has 4 heteroatoms. The smallest absolute Gasteiger partial charge is 0.220 e. The van der Waals surface area contributed by atoms with Crippen molar-refractivity contribution in [2.24, 2.45) is 0 Å². The number of carbonyl (C=O) groups excluding carboxylic acids is 1. The van der Waals surface area contributed by atoms with Gasteiger partial charge in [0.15, 0.2) is 0 Å². The van der Waals surface area contributed by atoms with Gasteiger partial charge in [-0.2, -0.15) is 0 Å². The summed E-state index contributed by atoms with van der Waals surface area (Å²) in [5, 5.41) is 3.47. The van der Waals surface area contributed by atoms with Crippen molar-refractivity contribution in [3.8, 4) is 0 Å². The van der Waals surface area contributed by atoms with Crippen LogP contribution in [0.3, 0.4) is 0 Å². The summed E-state index contributed by atoms with van der Waals surface area (Å²) in [5.74, 6) is 0.102. The number of pyridine rings is 1. The number of halogens is 1. The van der Waals surface area contributed by atoms with E-state index < -0.39 is 0 Å². The normalized spacial score (nSPS) is 21.6. The molecule has 1 fully saturated rings. The molecule has 1 amide bonds. The van der Waals surface area contributed by atoms with Crippen LogP contribution in [0, 0.1) is 0 Å². The van der Waals surface area contributed by atoms with E-state index in [-0.39, 0.29) is 11.9 Å². The van der Waals surface area contributed by atoms with E-state index in [9.17, 15) is 4.79 Å². The number of nitrogens with one attached hydrogen (secondary N) is 1. The van der Waals surface area contributed by atoms with Gasteiger partial charge < -0.3 is 5.32 Å². The summed E-state index contributed by atoms with van der Waals surface area (Å²) >= 11 is 5.78. The first-order valence-corrected chi connectivity index (χ1v) is 4.53. The minimum absolute atomic E-state index is 0.0960. The molecule has 0 radical (unpaired) electrons. The maximum Gasteiger partial charge on any atom is 0.220 e. The van der Waals surface area contributed by atoms with Crippen molar-refractivity contribution in [1.82, 2.24) is 10.3 Å². The molecule has 0 aromatic carbocycles. The quantitative estimate of drug-likeness (QED) is 0.743. The lowest BCUT2D eigenvalue weighted by Crippen LogP contribution is -2.18. The minimum Gasteiger partial charge on any atom is -0.349 e. The second kappa shape index (κ2) is 3.34. The number of hydrogen-bond donors (Lipinski definition) is 1. The van der Waals surface area contributed by atoms with E-state index in [1.165, 1.54) is 0 Å². The topological polar surface area (TPSA) is 42.0 Å². The van der Waals surface area contributed by atoms with Crippen LogP contribution in [-0.2, 0) is 4.79 Å². The summed E-state index contributed by atoms with van der Waals surface area (Å²) in [6.45, 7) is 0. The van der Waals surface area contributed by atoms with Gasteiger partial charge in [-0.15, -0.1) is 0 Å². The van der Waals surface area contributed by atoms with E-state index in [1.807, 2.05) is 6.07 Å². The van der Waals surface area contributed by atoms with E-state index >= 15 is 0 Å². The third-order valence-corrected chi connectivity index (χ3v) is 2.33. The summed E-state index contributed by atoms with van der Waals surface area (Å²) in [5.41, 5.74) is 0.985. The molecule has 2 heterocycles. The molecule has 0 aliphatic carbocycles. The third kappa shape index (κ3) is 1.80. The number of carbonyl (C=O) groups is 1. The fraction of sp³-hybridized carbons (Fsp3) is 0.333. The van der Waals surface area contributed by atoms with Crippen molar-refractivity contribution in [1.29, 1.82) is 0 Å². The van der Waals surface area contributed by atoms with E-state index in [0.29, 0.717) is 11.4 Å². The van der Waals surface area contributed by atoms with Crippen LogP contribution < -0.4 is 5.32 Å². The molecule has 2 rings (SSSR count). The van der Waals surface area contributed by atoms with Gasteiger partial charge in [0.1, 0.15) is 0 Å². The second-order valence-corrected chi connectivity index (χ2v) is 3.53. The van der Waals surface area contributed by atoms with Crippen molar-refractivity contribution in [2.45, 2.75) is 18.9 Å². The highest BCUT2D eigenvalue weighted by Gasteiger charge is 2.22. The molecular formula is C9H9ClN2O. The van der Waals surface area contributed by atoms with Crippen molar-refractivity contribution < 1.29 is 4.79 Å². The highest BCUT2D eigenvalue weighted by Crippen LogP contribution is 2.24. The Morgan fingerprint density at radius 1 is 1.54 bits per heavy atom. The number of rotatable bonds is 1. The lowest BCUT2D eigenvalue weighted by Gasteiger charge is -2.09. The molecule has 13 heavy (non-hydrogen) atoms. The molecule has 1 aliphatic rings. The highest BCUT2D eigenvalue weighted by atomic mass is 35.5. The molecule has 1 aromatic rings. The van der Waals surface area contributed by atoms with Crippen LogP contribution in [0.5, 0.6) is 0 Å². The molecule has 1 saturated heterocycles. The van der Waals surface area contributed by atoms with Gasteiger partial charge in [-0.1, -0.05) is 11.6 Å². The van der Waals surface area contributed by atoms with Gasteiger partial charge in [0.2, 0.25) is 5.91 Å². The second-order valence-electron chi connectivity index (χ2n) is 3.10. The van der Waals surface area contributed by atoms with Gasteiger partial charge >= 0.3 is 0 Å². The summed E-state index contributed by atoms with van der Waals surface area (Å²) in [7, 11) is 0. The van der Waals surface area contributed by atoms with Crippen molar-refractivity contribution in [3.05, 3.63) is 29.0 Å². The number of hydrogen-bond acceptors (Lipinski definition) is 2. The van der Waals surface area contributed by atoms with Gasteiger partial charge in [-0.05, 0) is 18.1 Å². The van der Waals surface area contributed by atoms with E-state index in [2.05, 4.69) is 10.3 Å². The molecule has 1 aliphatic heterocycles. The van der Waals surface area contributed by atoms with Gasteiger partial charge in [-0.3, -0.25) is 9.78 Å². The number of amides is 1. The zero-order chi connectivity index (χ0) is 9.26. The Morgan fingerprint density at radius 3 is 3.00 bits per heavy atom. The summed E-state index contributed by atoms with van der Waals surface area (Å²) in [6, 6.07) is 1.93. The Morgan fingerprint density at radius 2 is 2.38 bits per heavy atom. The molecule has 1 atom stereocenters. The number of nitrogens with zero attached hydrogens (tertiary/aromatic N) is 1. The molecule has 0 saturated carbocycles. The average Bonchev–Trinajstić information content (AvgIpc) is 2.52. The van der Waals surface area contributed by atoms with Gasteiger partial charge in [0.25, 0.3) is 0 Å². The standard InChI is InChI=1S/C9H9ClN2O/c10-7-3-6(4-11-5-7)8-1-2-9(13)12-8/h3-5,8H,1-2H2,(H,12,13). The molecule has 0 spiro atoms. The largest absolute Gasteiger partial charge is 0.349 e. The highest BCUT2D eigenvalue weighted by molar-refractivity contribution is 6.30. The molecule has 68 valence electrons. The molecular weight excluding hydrogens is 188 g/mol. The fourth-order valence-corrected chi connectivity index (χ4v) is 1.67. The lowest BCUT2D eigenvalue weighted by atomic mass is 10.1. The zero-order valence-electron chi connectivity index (χ0n) is 6.96. The first kappa shape index (κ1) is 8.51. The monoisotopic (exact) mass is 196 g/mol. The van der Waals surface area contributed by atoms with Gasteiger partial charge in [0, 0.05) is 18.8 Å². The maximum absolute atomic E-state index is 10.9. The third-order valence-electron chi connectivity index (χ3n) is 2.12. The summed E-state index contributed by atoms with van der Waals surface area (Å²) in [4.78, 5) is 14.9. The SMILES string of the molecule is O=C1CCC(c2cncc(Cl)c2)N1. The van der Waals surface area contributed by atoms with Gasteiger partial charge in [-0.25, -0.2) is 0 Å². The Balaban J connectivity index is 2.21. The summed E-state index contributed by atoms with van der Waals surface area (Å²) < 4.78 is 0. The molecule has 1 N–H and O–H groups in total. The molecule has 0 bridgehead atoms. The zero-order valence-corrected chi connectivity index (χ0v) is 7.71. The van der Waals surface area contributed by atoms with E-state index in [1.54, 1.807) is 12.4 Å². The van der Waals surface area contributed by atoms with Crippen LogP contribution in [0.25, 0.3) is 0 Å². The van der Waals surface area contributed by atoms with Crippen LogP contribution >= 0.6 is 11.6 Å². The first-order chi connectivity index (χ1) is 6.25. The van der Waals surface area contributed by atoms with Crippen LogP contribution in [0.1, 0.15) is 24.4 Å². The van der Waals surface area contributed by atoms with Crippen LogP contribution in [0.2, 0.25) is 5.02 Å². The fourth-order valence-electron chi connectivity index (χ4n) is 1.48. The van der Waals surface area contributed by atoms with Crippen LogP contribution in [-0.4, -0.2) is 10.9 Å². The lowest BCUT2D eigenvalue weighted by molar-refractivity contribution is -0.119. The number of aromatic nitrogens is 1. The Bertz CT molecular complexity index is 340. The first-order valence-electron chi connectivity index (χ1n) is 4.15. The predicted octanol–water partition coefficient (Wildman–Crippen LogP) is 1.69. The minimum atomic E-state index is 0.0960. The van der Waals surface area contributed by atoms with Crippen LogP contribution in [0.4, 0.5) is 0 Å². The molecule has 1 aromatic heterocycles. The van der Waals surface area contributed by atoms with Crippen molar-refractivity contribution in [3.63, 3.8) is 0 Å². The van der Waals surface area contributed by atoms with Crippen molar-refractivity contribution >= 4 is 17.5 Å². The molecule has 3 nitrogen and oxygen atoms in total. The van der Waals surface area contributed by atoms with Gasteiger partial charge in [0.05, 0.1) is 11.1 Å². The maximum atomic E-state index is 10.9. The Labute approximate surface area is 81.1 Å². The Hall–Kier alpha value is -1.09.